The lowest BCUT2D eigenvalue weighted by atomic mass is 9.95. The minimum atomic E-state index is 0.0437. The topological polar surface area (TPSA) is 58.6 Å². The van der Waals surface area contributed by atoms with Crippen molar-refractivity contribution in [1.29, 1.82) is 0 Å². The zero-order valence-electron chi connectivity index (χ0n) is 18.5. The SMILES string of the molecule is Cc1ccc(OCCN(C)C(=O)C2CCN(c3nc(C)c4ccccc4n3)CC2)cc1. The molecule has 1 amide bonds. The third-order valence-electron chi connectivity index (χ3n) is 6.00. The van der Waals surface area contributed by atoms with Crippen LogP contribution < -0.4 is 9.64 Å². The maximum Gasteiger partial charge on any atom is 0.226 e. The number of carbonyl (C=O) groups excluding carboxylic acids is 1. The Labute approximate surface area is 183 Å². The highest BCUT2D eigenvalue weighted by Crippen LogP contribution is 2.25. The Morgan fingerprint density at radius 3 is 2.52 bits per heavy atom. The first-order chi connectivity index (χ1) is 15.0. The summed E-state index contributed by atoms with van der Waals surface area (Å²) in [4.78, 5) is 26.3. The van der Waals surface area contributed by atoms with Gasteiger partial charge in [-0.15, -0.1) is 0 Å². The maximum absolute atomic E-state index is 12.9. The van der Waals surface area contributed by atoms with Crippen LogP contribution in [-0.2, 0) is 4.79 Å². The molecule has 6 heteroatoms. The average molecular weight is 419 g/mol. The number of rotatable bonds is 6. The summed E-state index contributed by atoms with van der Waals surface area (Å²) >= 11 is 0. The van der Waals surface area contributed by atoms with E-state index in [0.717, 1.165) is 54.2 Å². The van der Waals surface area contributed by atoms with E-state index in [1.807, 2.05) is 56.4 Å². The second-order valence-corrected chi connectivity index (χ2v) is 8.31. The molecule has 1 fully saturated rings. The Bertz CT molecular complexity index is 1040. The molecule has 4 rings (SSSR count). The lowest BCUT2D eigenvalue weighted by molar-refractivity contribution is -0.135. The van der Waals surface area contributed by atoms with Gasteiger partial charge in [0.25, 0.3) is 0 Å². The van der Waals surface area contributed by atoms with Gasteiger partial charge in [-0.05, 0) is 44.9 Å². The number of ether oxygens (including phenoxy) is 1. The van der Waals surface area contributed by atoms with Crippen LogP contribution in [-0.4, -0.2) is 54.1 Å². The van der Waals surface area contributed by atoms with Crippen LogP contribution in [0.15, 0.2) is 48.5 Å². The predicted octanol–water partition coefficient (Wildman–Crippen LogP) is 4.00. The second kappa shape index (κ2) is 9.33. The fourth-order valence-corrected chi connectivity index (χ4v) is 4.04. The molecule has 1 aliphatic rings. The predicted molar refractivity (Wildman–Crippen MR) is 124 cm³/mol. The van der Waals surface area contributed by atoms with Crippen molar-refractivity contribution in [2.24, 2.45) is 5.92 Å². The Hall–Kier alpha value is -3.15. The number of hydrogen-bond donors (Lipinski definition) is 0. The van der Waals surface area contributed by atoms with Crippen molar-refractivity contribution in [3.63, 3.8) is 0 Å². The number of nitrogens with zero attached hydrogens (tertiary/aromatic N) is 4. The van der Waals surface area contributed by atoms with Gasteiger partial charge in [0.15, 0.2) is 0 Å². The maximum atomic E-state index is 12.9. The standard InChI is InChI=1S/C25H30N4O2/c1-18-8-10-21(11-9-18)31-17-16-28(3)24(30)20-12-14-29(15-13-20)25-26-19(2)22-6-4-5-7-23(22)27-25/h4-11,20H,12-17H2,1-3H3. The monoisotopic (exact) mass is 418 g/mol. The molecule has 1 aromatic heterocycles. The molecule has 2 heterocycles. The summed E-state index contributed by atoms with van der Waals surface area (Å²) in [6, 6.07) is 16.1. The molecule has 0 radical (unpaired) electrons. The number of amides is 1. The number of anilines is 1. The molecule has 162 valence electrons. The molecule has 3 aromatic rings. The molecule has 1 aliphatic heterocycles. The van der Waals surface area contributed by atoms with Crippen molar-refractivity contribution in [3.8, 4) is 5.75 Å². The number of hydrogen-bond acceptors (Lipinski definition) is 5. The van der Waals surface area contributed by atoms with E-state index >= 15 is 0 Å². The van der Waals surface area contributed by atoms with E-state index < -0.39 is 0 Å². The Kier molecular flexibility index (Phi) is 6.35. The molecule has 0 unspecified atom stereocenters. The summed E-state index contributed by atoms with van der Waals surface area (Å²) in [6.45, 7) is 6.74. The fraction of sp³-hybridized carbons (Fsp3) is 0.400. The number of fused-ring (bicyclic) bond motifs is 1. The molecular formula is C25H30N4O2. The third-order valence-corrected chi connectivity index (χ3v) is 6.00. The van der Waals surface area contributed by atoms with Crippen LogP contribution in [0.1, 0.15) is 24.1 Å². The van der Waals surface area contributed by atoms with Gasteiger partial charge in [-0.2, -0.15) is 0 Å². The number of piperidine rings is 1. The van der Waals surface area contributed by atoms with E-state index in [-0.39, 0.29) is 11.8 Å². The molecule has 0 aliphatic carbocycles. The Balaban J connectivity index is 1.28. The summed E-state index contributed by atoms with van der Waals surface area (Å²) < 4.78 is 5.77. The van der Waals surface area contributed by atoms with E-state index in [1.54, 1.807) is 4.90 Å². The summed E-state index contributed by atoms with van der Waals surface area (Å²) in [5.74, 6) is 1.84. The first-order valence-electron chi connectivity index (χ1n) is 10.9. The molecule has 0 N–H and O–H groups in total. The van der Waals surface area contributed by atoms with Crippen LogP contribution in [0.2, 0.25) is 0 Å². The number of aromatic nitrogens is 2. The largest absolute Gasteiger partial charge is 0.492 e. The number of aryl methyl sites for hydroxylation is 2. The van der Waals surface area contributed by atoms with Crippen LogP contribution in [0, 0.1) is 19.8 Å². The number of para-hydroxylation sites is 1. The van der Waals surface area contributed by atoms with Gasteiger partial charge in [0.05, 0.1) is 17.8 Å². The van der Waals surface area contributed by atoms with Crippen LogP contribution in [0.5, 0.6) is 5.75 Å². The third kappa shape index (κ3) is 4.95. The molecule has 0 atom stereocenters. The summed E-state index contributed by atoms with van der Waals surface area (Å²) in [6.07, 6.45) is 1.63. The van der Waals surface area contributed by atoms with E-state index in [4.69, 9.17) is 14.7 Å². The molecule has 31 heavy (non-hydrogen) atoms. The smallest absolute Gasteiger partial charge is 0.226 e. The minimum absolute atomic E-state index is 0.0437. The highest BCUT2D eigenvalue weighted by Gasteiger charge is 2.28. The Morgan fingerprint density at radius 1 is 1.06 bits per heavy atom. The van der Waals surface area contributed by atoms with Crippen LogP contribution >= 0.6 is 0 Å². The normalized spacial score (nSPS) is 14.6. The highest BCUT2D eigenvalue weighted by atomic mass is 16.5. The van der Waals surface area contributed by atoms with Gasteiger partial charge in [0.2, 0.25) is 11.9 Å². The van der Waals surface area contributed by atoms with Crippen molar-refractivity contribution in [2.75, 3.05) is 38.2 Å². The summed E-state index contributed by atoms with van der Waals surface area (Å²) in [5.41, 5.74) is 3.17. The van der Waals surface area contributed by atoms with Crippen LogP contribution in [0.3, 0.4) is 0 Å². The quantitative estimate of drug-likeness (QED) is 0.606. The summed E-state index contributed by atoms with van der Waals surface area (Å²) in [7, 11) is 1.86. The first-order valence-corrected chi connectivity index (χ1v) is 10.9. The number of carbonyl (C=O) groups is 1. The zero-order valence-corrected chi connectivity index (χ0v) is 18.5. The van der Waals surface area contributed by atoms with Gasteiger partial charge in [-0.25, -0.2) is 9.97 Å². The van der Waals surface area contributed by atoms with E-state index in [0.29, 0.717) is 13.2 Å². The lowest BCUT2D eigenvalue weighted by Gasteiger charge is -2.33. The molecule has 0 bridgehead atoms. The zero-order chi connectivity index (χ0) is 21.8. The number of likely N-dealkylation sites (N-methyl/N-ethyl adjacent to an activating group) is 1. The highest BCUT2D eigenvalue weighted by molar-refractivity contribution is 5.82. The minimum Gasteiger partial charge on any atom is -0.492 e. The van der Waals surface area contributed by atoms with Crippen molar-refractivity contribution < 1.29 is 9.53 Å². The van der Waals surface area contributed by atoms with Crippen LogP contribution in [0.25, 0.3) is 10.9 Å². The molecule has 2 aromatic carbocycles. The Morgan fingerprint density at radius 2 is 1.77 bits per heavy atom. The van der Waals surface area contributed by atoms with Gasteiger partial charge in [-0.3, -0.25) is 4.79 Å². The number of benzene rings is 2. The molecule has 0 spiro atoms. The van der Waals surface area contributed by atoms with Crippen molar-refractivity contribution >= 4 is 22.8 Å². The van der Waals surface area contributed by atoms with Crippen LogP contribution in [0.4, 0.5) is 5.95 Å². The summed E-state index contributed by atoms with van der Waals surface area (Å²) in [5, 5.41) is 1.09. The van der Waals surface area contributed by atoms with Crippen molar-refractivity contribution in [3.05, 3.63) is 59.8 Å². The molecule has 0 saturated carbocycles. The van der Waals surface area contributed by atoms with Crippen molar-refractivity contribution in [2.45, 2.75) is 26.7 Å². The van der Waals surface area contributed by atoms with Gasteiger partial charge in [0.1, 0.15) is 12.4 Å². The lowest BCUT2D eigenvalue weighted by Crippen LogP contribution is -2.42. The second-order valence-electron chi connectivity index (χ2n) is 8.31. The van der Waals surface area contributed by atoms with Crippen molar-refractivity contribution in [1.82, 2.24) is 14.9 Å². The van der Waals surface area contributed by atoms with E-state index in [2.05, 4.69) is 17.9 Å². The van der Waals surface area contributed by atoms with Gasteiger partial charge in [0, 0.05) is 31.4 Å². The fourth-order valence-electron chi connectivity index (χ4n) is 4.04. The van der Waals surface area contributed by atoms with Gasteiger partial charge < -0.3 is 14.5 Å². The van der Waals surface area contributed by atoms with Gasteiger partial charge in [-0.1, -0.05) is 35.9 Å². The van der Waals surface area contributed by atoms with E-state index in [9.17, 15) is 4.79 Å². The average Bonchev–Trinajstić information content (AvgIpc) is 2.80. The molecule has 1 saturated heterocycles. The molecule has 6 nitrogen and oxygen atoms in total. The van der Waals surface area contributed by atoms with E-state index in [1.165, 1.54) is 5.56 Å². The molecular weight excluding hydrogens is 388 g/mol. The first kappa shape index (κ1) is 21.1. The van der Waals surface area contributed by atoms with Gasteiger partial charge >= 0.3 is 0 Å².